The van der Waals surface area contributed by atoms with Crippen molar-refractivity contribution >= 4 is 24.2 Å². The van der Waals surface area contributed by atoms with Gasteiger partial charge < -0.3 is 15.5 Å². The lowest BCUT2D eigenvalue weighted by molar-refractivity contribution is -0.136. The number of piperidine rings is 1. The predicted octanol–water partition coefficient (Wildman–Crippen LogP) is 2.49. The summed E-state index contributed by atoms with van der Waals surface area (Å²) in [4.78, 5) is 26.0. The molecule has 7 heteroatoms. The van der Waals surface area contributed by atoms with E-state index in [9.17, 15) is 14.0 Å². The van der Waals surface area contributed by atoms with Crippen LogP contribution < -0.4 is 10.6 Å². The van der Waals surface area contributed by atoms with E-state index in [1.54, 1.807) is 17.0 Å². The van der Waals surface area contributed by atoms with Gasteiger partial charge in [-0.25, -0.2) is 4.39 Å². The van der Waals surface area contributed by atoms with Gasteiger partial charge in [0.15, 0.2) is 0 Å². The number of carbonyl (C=O) groups excluding carboxylic acids is 2. The SMILES string of the molecule is CCN(CC(=O)NCc1ccc(F)cc1)C(=O)CCC1CCNCC1.Cl. The van der Waals surface area contributed by atoms with E-state index in [0.717, 1.165) is 37.9 Å². The second-order valence-corrected chi connectivity index (χ2v) is 6.54. The van der Waals surface area contributed by atoms with Crippen molar-refractivity contribution in [3.8, 4) is 0 Å². The fraction of sp³-hybridized carbons (Fsp3) is 0.579. The Kier molecular flexibility index (Phi) is 10.2. The molecule has 0 atom stereocenters. The van der Waals surface area contributed by atoms with Crippen LogP contribution in [0.25, 0.3) is 0 Å². The third-order valence-electron chi connectivity index (χ3n) is 4.70. The van der Waals surface area contributed by atoms with Gasteiger partial charge in [0.05, 0.1) is 6.54 Å². The van der Waals surface area contributed by atoms with Crippen molar-refractivity contribution in [2.75, 3.05) is 26.2 Å². The van der Waals surface area contributed by atoms with Crippen LogP contribution in [0.4, 0.5) is 4.39 Å². The molecule has 0 saturated carbocycles. The Morgan fingerprint density at radius 1 is 1.23 bits per heavy atom. The molecule has 1 aromatic rings. The van der Waals surface area contributed by atoms with Gasteiger partial charge in [-0.2, -0.15) is 0 Å². The molecule has 1 aliphatic rings. The fourth-order valence-corrected chi connectivity index (χ4v) is 3.06. The highest BCUT2D eigenvalue weighted by molar-refractivity contribution is 5.85. The van der Waals surface area contributed by atoms with Gasteiger partial charge in [0, 0.05) is 19.5 Å². The van der Waals surface area contributed by atoms with E-state index in [1.807, 2.05) is 6.92 Å². The Labute approximate surface area is 161 Å². The molecule has 2 rings (SSSR count). The standard InChI is InChI=1S/C19H28FN3O2.ClH/c1-2-23(19(25)8-5-15-9-11-21-12-10-15)14-18(24)22-13-16-3-6-17(20)7-4-16;/h3-4,6-7,15,21H,2,5,8-14H2,1H3,(H,22,24);1H. The van der Waals surface area contributed by atoms with Crippen LogP contribution in [-0.4, -0.2) is 42.9 Å². The minimum atomic E-state index is -0.299. The quantitative estimate of drug-likeness (QED) is 0.722. The summed E-state index contributed by atoms with van der Waals surface area (Å²) in [7, 11) is 0. The second kappa shape index (κ2) is 11.9. The molecule has 0 aliphatic carbocycles. The van der Waals surface area contributed by atoms with E-state index < -0.39 is 0 Å². The summed E-state index contributed by atoms with van der Waals surface area (Å²) in [5.74, 6) is 0.155. The Morgan fingerprint density at radius 3 is 2.50 bits per heavy atom. The maximum Gasteiger partial charge on any atom is 0.239 e. The number of rotatable bonds is 8. The highest BCUT2D eigenvalue weighted by Gasteiger charge is 2.19. The van der Waals surface area contributed by atoms with E-state index in [4.69, 9.17) is 0 Å². The maximum absolute atomic E-state index is 12.9. The number of benzene rings is 1. The zero-order valence-electron chi connectivity index (χ0n) is 15.3. The molecule has 2 N–H and O–H groups in total. The number of likely N-dealkylation sites (N-methyl/N-ethyl adjacent to an activating group) is 1. The third-order valence-corrected chi connectivity index (χ3v) is 4.70. The molecule has 0 radical (unpaired) electrons. The highest BCUT2D eigenvalue weighted by Crippen LogP contribution is 2.18. The summed E-state index contributed by atoms with van der Waals surface area (Å²) in [6.07, 6.45) is 3.65. The van der Waals surface area contributed by atoms with Crippen molar-refractivity contribution in [3.05, 3.63) is 35.6 Å². The summed E-state index contributed by atoms with van der Waals surface area (Å²) in [5.41, 5.74) is 0.829. The maximum atomic E-state index is 12.9. The van der Waals surface area contributed by atoms with Crippen LogP contribution in [0.2, 0.25) is 0 Å². The number of halogens is 2. The molecule has 146 valence electrons. The number of nitrogens with zero attached hydrogens (tertiary/aromatic N) is 1. The van der Waals surface area contributed by atoms with Crippen LogP contribution in [-0.2, 0) is 16.1 Å². The monoisotopic (exact) mass is 385 g/mol. The lowest BCUT2D eigenvalue weighted by atomic mass is 9.93. The fourth-order valence-electron chi connectivity index (χ4n) is 3.06. The largest absolute Gasteiger partial charge is 0.350 e. The van der Waals surface area contributed by atoms with E-state index in [-0.39, 0.29) is 36.6 Å². The van der Waals surface area contributed by atoms with Crippen LogP contribution in [0.3, 0.4) is 0 Å². The first-order chi connectivity index (χ1) is 12.1. The number of nitrogens with one attached hydrogen (secondary N) is 2. The van der Waals surface area contributed by atoms with Crippen molar-refractivity contribution in [1.29, 1.82) is 0 Å². The summed E-state index contributed by atoms with van der Waals surface area (Å²) in [6, 6.07) is 6.00. The summed E-state index contributed by atoms with van der Waals surface area (Å²) in [5, 5.41) is 6.10. The van der Waals surface area contributed by atoms with Gasteiger partial charge in [0.25, 0.3) is 0 Å². The molecule has 1 heterocycles. The first kappa shape index (κ1) is 22.4. The predicted molar refractivity (Wildman–Crippen MR) is 103 cm³/mol. The third kappa shape index (κ3) is 7.70. The van der Waals surface area contributed by atoms with Crippen molar-refractivity contribution in [2.24, 2.45) is 5.92 Å². The van der Waals surface area contributed by atoms with Crippen LogP contribution in [0.5, 0.6) is 0 Å². The molecular weight excluding hydrogens is 357 g/mol. The molecule has 1 fully saturated rings. The number of amides is 2. The van der Waals surface area contributed by atoms with E-state index in [2.05, 4.69) is 10.6 Å². The van der Waals surface area contributed by atoms with Gasteiger partial charge in [-0.3, -0.25) is 9.59 Å². The van der Waals surface area contributed by atoms with Crippen molar-refractivity contribution in [1.82, 2.24) is 15.5 Å². The molecule has 1 saturated heterocycles. The molecule has 2 amide bonds. The Balaban J connectivity index is 0.00000338. The molecule has 1 aromatic carbocycles. The molecule has 0 spiro atoms. The number of hydrogen-bond donors (Lipinski definition) is 2. The van der Waals surface area contributed by atoms with E-state index >= 15 is 0 Å². The van der Waals surface area contributed by atoms with Gasteiger partial charge in [-0.1, -0.05) is 12.1 Å². The van der Waals surface area contributed by atoms with Crippen molar-refractivity contribution in [3.63, 3.8) is 0 Å². The lowest BCUT2D eigenvalue weighted by Crippen LogP contribution is -2.40. The molecule has 1 aliphatic heterocycles. The lowest BCUT2D eigenvalue weighted by Gasteiger charge is -2.24. The Bertz CT molecular complexity index is 562. The Morgan fingerprint density at radius 2 is 1.88 bits per heavy atom. The molecular formula is C19H29ClFN3O2. The minimum Gasteiger partial charge on any atom is -0.350 e. The second-order valence-electron chi connectivity index (χ2n) is 6.54. The minimum absolute atomic E-state index is 0. The summed E-state index contributed by atoms with van der Waals surface area (Å²) < 4.78 is 12.9. The van der Waals surface area contributed by atoms with Gasteiger partial charge in [-0.15, -0.1) is 12.4 Å². The molecule has 0 bridgehead atoms. The molecule has 0 unspecified atom stereocenters. The van der Waals surface area contributed by atoms with E-state index in [1.165, 1.54) is 12.1 Å². The van der Waals surface area contributed by atoms with Crippen LogP contribution in [0.15, 0.2) is 24.3 Å². The topological polar surface area (TPSA) is 61.4 Å². The zero-order chi connectivity index (χ0) is 18.1. The normalized spacial score (nSPS) is 14.4. The van der Waals surface area contributed by atoms with Gasteiger partial charge in [0.1, 0.15) is 5.82 Å². The van der Waals surface area contributed by atoms with E-state index in [0.29, 0.717) is 25.4 Å². The Hall–Kier alpha value is -1.66. The van der Waals surface area contributed by atoms with Crippen LogP contribution in [0, 0.1) is 11.7 Å². The first-order valence-electron chi connectivity index (χ1n) is 9.08. The number of hydrogen-bond acceptors (Lipinski definition) is 3. The van der Waals surface area contributed by atoms with Gasteiger partial charge in [-0.05, 0) is 62.9 Å². The van der Waals surface area contributed by atoms with Crippen molar-refractivity contribution < 1.29 is 14.0 Å². The summed E-state index contributed by atoms with van der Waals surface area (Å²) in [6.45, 7) is 4.87. The highest BCUT2D eigenvalue weighted by atomic mass is 35.5. The number of carbonyl (C=O) groups is 2. The first-order valence-corrected chi connectivity index (χ1v) is 9.08. The van der Waals surface area contributed by atoms with Crippen LogP contribution >= 0.6 is 12.4 Å². The zero-order valence-corrected chi connectivity index (χ0v) is 16.1. The van der Waals surface area contributed by atoms with Gasteiger partial charge in [0.2, 0.25) is 11.8 Å². The average molecular weight is 386 g/mol. The van der Waals surface area contributed by atoms with Crippen LogP contribution in [0.1, 0.15) is 38.2 Å². The molecule has 5 nitrogen and oxygen atoms in total. The molecule has 0 aromatic heterocycles. The smallest absolute Gasteiger partial charge is 0.239 e. The van der Waals surface area contributed by atoms with Crippen molar-refractivity contribution in [2.45, 2.75) is 39.2 Å². The van der Waals surface area contributed by atoms with Gasteiger partial charge >= 0.3 is 0 Å². The summed E-state index contributed by atoms with van der Waals surface area (Å²) >= 11 is 0. The molecule has 26 heavy (non-hydrogen) atoms. The average Bonchev–Trinajstić information content (AvgIpc) is 2.64.